The number of fused-ring (bicyclic) bond motifs is 1. The predicted molar refractivity (Wildman–Crippen MR) is 99.5 cm³/mol. The van der Waals surface area contributed by atoms with E-state index in [0.29, 0.717) is 18.2 Å². The summed E-state index contributed by atoms with van der Waals surface area (Å²) in [5, 5.41) is 3.26. The smallest absolute Gasteiger partial charge is 0.271 e. The number of aromatic nitrogens is 2. The number of hydrogen-bond acceptors (Lipinski definition) is 6. The second-order valence-corrected chi connectivity index (χ2v) is 6.03. The van der Waals surface area contributed by atoms with Gasteiger partial charge in [0.15, 0.2) is 0 Å². The van der Waals surface area contributed by atoms with Gasteiger partial charge in [0.1, 0.15) is 11.1 Å². The zero-order chi connectivity index (χ0) is 18.8. The summed E-state index contributed by atoms with van der Waals surface area (Å²) in [6.45, 7) is 6.19. The van der Waals surface area contributed by atoms with Gasteiger partial charge in [0.05, 0.1) is 11.3 Å². The van der Waals surface area contributed by atoms with Crippen LogP contribution in [0.15, 0.2) is 33.5 Å². The summed E-state index contributed by atoms with van der Waals surface area (Å²) in [5.41, 5.74) is 3.52. The summed E-state index contributed by atoms with van der Waals surface area (Å²) in [6, 6.07) is 7.49. The molecule has 136 valence electrons. The average Bonchev–Trinajstić information content (AvgIpc) is 2.95. The van der Waals surface area contributed by atoms with Crippen LogP contribution in [0.1, 0.15) is 35.0 Å². The number of hydrazine groups is 1. The highest BCUT2D eigenvalue weighted by Crippen LogP contribution is 2.24. The normalized spacial score (nSPS) is 10.9. The maximum atomic E-state index is 13.3. The molecular formula is C18H21N5O3. The summed E-state index contributed by atoms with van der Waals surface area (Å²) in [6.07, 6.45) is 0.861. The highest BCUT2D eigenvalue weighted by Gasteiger charge is 2.24. The minimum Gasteiger partial charge on any atom is -0.442 e. The first-order valence-electron chi connectivity index (χ1n) is 8.36. The molecule has 0 saturated carbocycles. The number of carbonyl (C=O) groups excluding carboxylic acids is 1. The Balaban J connectivity index is 2.37. The number of nitrogen functional groups attached to an aromatic ring is 1. The van der Waals surface area contributed by atoms with Gasteiger partial charge < -0.3 is 9.73 Å². The van der Waals surface area contributed by atoms with Crippen LogP contribution in [0.4, 0.5) is 5.95 Å². The summed E-state index contributed by atoms with van der Waals surface area (Å²) in [7, 11) is 0. The molecule has 4 N–H and O–H groups in total. The van der Waals surface area contributed by atoms with Crippen molar-refractivity contribution in [3.63, 3.8) is 0 Å². The summed E-state index contributed by atoms with van der Waals surface area (Å²) < 4.78 is 7.01. The lowest BCUT2D eigenvalue weighted by Gasteiger charge is -2.13. The Hall–Kier alpha value is -3.13. The molecule has 3 aromatic rings. The zero-order valence-corrected chi connectivity index (χ0v) is 14.9. The Morgan fingerprint density at radius 2 is 2.12 bits per heavy atom. The van der Waals surface area contributed by atoms with Gasteiger partial charge in [0, 0.05) is 6.54 Å². The van der Waals surface area contributed by atoms with E-state index in [1.165, 1.54) is 4.57 Å². The topological polar surface area (TPSA) is 115 Å². The highest BCUT2D eigenvalue weighted by atomic mass is 16.3. The van der Waals surface area contributed by atoms with Crippen LogP contribution in [0.5, 0.6) is 0 Å². The monoisotopic (exact) mass is 355 g/mol. The van der Waals surface area contributed by atoms with Crippen molar-refractivity contribution in [1.82, 2.24) is 15.0 Å². The minimum absolute atomic E-state index is 0.100. The molecule has 2 heterocycles. The Bertz CT molecular complexity index is 1040. The fourth-order valence-electron chi connectivity index (χ4n) is 2.87. The van der Waals surface area contributed by atoms with Crippen molar-refractivity contribution in [3.05, 3.63) is 51.5 Å². The Morgan fingerprint density at radius 1 is 1.35 bits per heavy atom. The lowest BCUT2D eigenvalue weighted by Crippen LogP contribution is -2.32. The van der Waals surface area contributed by atoms with E-state index in [0.717, 1.165) is 12.0 Å². The van der Waals surface area contributed by atoms with Gasteiger partial charge in [-0.15, -0.1) is 0 Å². The fourth-order valence-corrected chi connectivity index (χ4v) is 2.87. The molecule has 1 aromatic carbocycles. The van der Waals surface area contributed by atoms with Gasteiger partial charge >= 0.3 is 0 Å². The third-order valence-corrected chi connectivity index (χ3v) is 4.05. The first-order valence-corrected chi connectivity index (χ1v) is 8.36. The summed E-state index contributed by atoms with van der Waals surface area (Å²) in [5.74, 6) is 5.31. The van der Waals surface area contributed by atoms with Gasteiger partial charge in [-0.2, -0.15) is 4.98 Å². The maximum Gasteiger partial charge on any atom is 0.271 e. The number of furan rings is 1. The van der Waals surface area contributed by atoms with E-state index in [9.17, 15) is 9.59 Å². The molecule has 0 radical (unpaired) electrons. The van der Waals surface area contributed by atoms with Crippen molar-refractivity contribution in [2.45, 2.75) is 27.2 Å². The van der Waals surface area contributed by atoms with E-state index >= 15 is 0 Å². The van der Waals surface area contributed by atoms with Crippen LogP contribution < -0.4 is 22.1 Å². The Morgan fingerprint density at radius 3 is 2.77 bits per heavy atom. The summed E-state index contributed by atoms with van der Waals surface area (Å²) >= 11 is 0. The van der Waals surface area contributed by atoms with E-state index in [2.05, 4.69) is 15.7 Å². The minimum atomic E-state index is -0.592. The number of benzene rings is 1. The largest absolute Gasteiger partial charge is 0.442 e. The van der Waals surface area contributed by atoms with Crippen LogP contribution in [-0.4, -0.2) is 22.0 Å². The Labute approximate surface area is 150 Å². The van der Waals surface area contributed by atoms with Crippen molar-refractivity contribution in [2.75, 3.05) is 11.9 Å². The van der Waals surface area contributed by atoms with Crippen LogP contribution in [0.3, 0.4) is 0 Å². The number of rotatable bonds is 5. The van der Waals surface area contributed by atoms with E-state index in [4.69, 9.17) is 10.3 Å². The first-order chi connectivity index (χ1) is 12.5. The van der Waals surface area contributed by atoms with Crippen molar-refractivity contribution < 1.29 is 9.21 Å². The number of hydrogen-bond donors (Lipinski definition) is 3. The molecule has 8 heteroatoms. The van der Waals surface area contributed by atoms with Gasteiger partial charge in [0.2, 0.25) is 11.7 Å². The third kappa shape index (κ3) is 2.95. The predicted octanol–water partition coefficient (Wildman–Crippen LogP) is 2.02. The van der Waals surface area contributed by atoms with Gasteiger partial charge in [0.25, 0.3) is 11.5 Å². The molecule has 0 aliphatic carbocycles. The molecule has 0 atom stereocenters. The second-order valence-electron chi connectivity index (χ2n) is 6.03. The number of nitrogens with one attached hydrogen (secondary N) is 2. The molecule has 0 aliphatic rings. The number of nitrogens with zero attached hydrogens (tertiary/aromatic N) is 2. The molecule has 0 bridgehead atoms. The third-order valence-electron chi connectivity index (χ3n) is 4.05. The average molecular weight is 355 g/mol. The van der Waals surface area contributed by atoms with E-state index in [1.54, 1.807) is 6.92 Å². The molecule has 26 heavy (non-hydrogen) atoms. The van der Waals surface area contributed by atoms with Crippen LogP contribution in [0.2, 0.25) is 0 Å². The van der Waals surface area contributed by atoms with Crippen LogP contribution in [0.25, 0.3) is 16.8 Å². The van der Waals surface area contributed by atoms with E-state index in [1.807, 2.05) is 38.1 Å². The molecule has 3 rings (SSSR count). The highest BCUT2D eigenvalue weighted by molar-refractivity contribution is 6.06. The number of nitrogens with two attached hydrogens (primary N) is 1. The molecule has 0 aliphatic heterocycles. The van der Waals surface area contributed by atoms with Gasteiger partial charge in [-0.1, -0.05) is 19.1 Å². The van der Waals surface area contributed by atoms with Crippen LogP contribution in [0, 0.1) is 13.8 Å². The number of carbonyl (C=O) groups is 1. The van der Waals surface area contributed by atoms with E-state index < -0.39 is 11.5 Å². The molecule has 8 nitrogen and oxygen atoms in total. The lowest BCUT2D eigenvalue weighted by molar-refractivity contribution is 0.0953. The number of amides is 1. The number of aryl methyl sites for hydroxylation is 2. The van der Waals surface area contributed by atoms with Crippen molar-refractivity contribution in [1.29, 1.82) is 0 Å². The van der Waals surface area contributed by atoms with Crippen LogP contribution in [-0.2, 0) is 0 Å². The first kappa shape index (κ1) is 17.7. The summed E-state index contributed by atoms with van der Waals surface area (Å²) in [4.78, 5) is 29.9. The molecule has 0 spiro atoms. The van der Waals surface area contributed by atoms with Crippen molar-refractivity contribution in [2.24, 2.45) is 5.84 Å². The standard InChI is InChI=1S/C18H21N5O3/c1-4-8-20-18-21-16-14(13(11(3)26-16)15(24)22-19)17(25)23(18)12-7-5-6-10(2)9-12/h5-7,9H,4,8,19H2,1-3H3,(H,20,21)(H,22,24). The fraction of sp³-hybridized carbons (Fsp3) is 0.278. The maximum absolute atomic E-state index is 13.3. The van der Waals surface area contributed by atoms with Gasteiger partial charge in [-0.3, -0.25) is 15.0 Å². The molecule has 2 aromatic heterocycles. The molecular weight excluding hydrogens is 334 g/mol. The van der Waals surface area contributed by atoms with E-state index in [-0.39, 0.29) is 22.4 Å². The Kier molecular flexibility index (Phi) is 4.77. The van der Waals surface area contributed by atoms with Crippen LogP contribution >= 0.6 is 0 Å². The van der Waals surface area contributed by atoms with Gasteiger partial charge in [-0.25, -0.2) is 10.4 Å². The molecule has 0 saturated heterocycles. The molecule has 1 amide bonds. The lowest BCUT2D eigenvalue weighted by atomic mass is 10.1. The van der Waals surface area contributed by atoms with Crippen molar-refractivity contribution in [3.8, 4) is 5.69 Å². The molecule has 0 unspecified atom stereocenters. The number of anilines is 1. The van der Waals surface area contributed by atoms with Crippen molar-refractivity contribution >= 4 is 23.0 Å². The molecule has 0 fully saturated rings. The zero-order valence-electron chi connectivity index (χ0n) is 14.9. The second kappa shape index (κ2) is 7.01. The quantitative estimate of drug-likeness (QED) is 0.366. The SMILES string of the molecule is CCCNc1nc2oc(C)c(C(=O)NN)c2c(=O)n1-c1cccc(C)c1. The van der Waals surface area contributed by atoms with Gasteiger partial charge in [-0.05, 0) is 38.0 Å².